The van der Waals surface area contributed by atoms with Gasteiger partial charge in [0, 0.05) is 11.9 Å². The fraction of sp³-hybridized carbons (Fsp3) is 0.308. The zero-order valence-electron chi connectivity index (χ0n) is 10.2. The van der Waals surface area contributed by atoms with E-state index in [2.05, 4.69) is 0 Å². The first-order valence-electron chi connectivity index (χ1n) is 5.49. The Hall–Kier alpha value is -1.97. The second-order valence-corrected chi connectivity index (χ2v) is 3.96. The Balaban J connectivity index is 2.81. The first kappa shape index (κ1) is 11.5. The molecule has 4 nitrogen and oxygen atoms in total. The van der Waals surface area contributed by atoms with Gasteiger partial charge >= 0.3 is 5.97 Å². The number of rotatable bonds is 3. The molecule has 1 aromatic heterocycles. The topological polar surface area (TPSA) is 51.5 Å². The van der Waals surface area contributed by atoms with E-state index in [4.69, 9.17) is 9.84 Å². The smallest absolute Gasteiger partial charge is 0.352 e. The molecule has 0 aliphatic heterocycles. The van der Waals surface area contributed by atoms with Crippen molar-refractivity contribution < 1.29 is 14.6 Å². The van der Waals surface area contributed by atoms with Gasteiger partial charge in [-0.3, -0.25) is 0 Å². The van der Waals surface area contributed by atoms with Crippen molar-refractivity contribution in [2.45, 2.75) is 20.4 Å². The van der Waals surface area contributed by atoms with E-state index in [0.717, 1.165) is 22.2 Å². The number of methoxy groups -OCH3 is 1. The number of aryl methyl sites for hydroxylation is 2. The molecule has 1 heterocycles. The van der Waals surface area contributed by atoms with Crippen molar-refractivity contribution in [1.29, 1.82) is 0 Å². The Bertz CT molecular complexity index is 584. The van der Waals surface area contributed by atoms with E-state index in [9.17, 15) is 4.79 Å². The Morgan fingerprint density at radius 1 is 1.41 bits per heavy atom. The van der Waals surface area contributed by atoms with E-state index in [1.807, 2.05) is 30.5 Å². The van der Waals surface area contributed by atoms with Crippen LogP contribution >= 0.6 is 0 Å². The van der Waals surface area contributed by atoms with Crippen molar-refractivity contribution in [2.75, 3.05) is 7.11 Å². The molecule has 4 heteroatoms. The first-order chi connectivity index (χ1) is 8.08. The van der Waals surface area contributed by atoms with Crippen LogP contribution in [0, 0.1) is 6.92 Å². The summed E-state index contributed by atoms with van der Waals surface area (Å²) in [5.41, 5.74) is 2.30. The molecule has 0 amide bonds. The highest BCUT2D eigenvalue weighted by molar-refractivity contribution is 5.96. The zero-order chi connectivity index (χ0) is 12.6. The van der Waals surface area contributed by atoms with Crippen LogP contribution in [0.2, 0.25) is 0 Å². The lowest BCUT2D eigenvalue weighted by Gasteiger charge is -2.08. The highest BCUT2D eigenvalue weighted by atomic mass is 16.5. The lowest BCUT2D eigenvalue weighted by atomic mass is 10.1. The van der Waals surface area contributed by atoms with Crippen LogP contribution in [0.5, 0.6) is 5.75 Å². The number of hydrogen-bond acceptors (Lipinski definition) is 2. The summed E-state index contributed by atoms with van der Waals surface area (Å²) in [6, 6.07) is 5.47. The Morgan fingerprint density at radius 3 is 2.65 bits per heavy atom. The molecule has 0 fully saturated rings. The molecule has 0 aliphatic carbocycles. The van der Waals surface area contributed by atoms with E-state index in [1.165, 1.54) is 0 Å². The van der Waals surface area contributed by atoms with E-state index in [0.29, 0.717) is 12.2 Å². The average molecular weight is 233 g/mol. The third-order valence-electron chi connectivity index (χ3n) is 2.93. The van der Waals surface area contributed by atoms with Crippen LogP contribution in [0.15, 0.2) is 18.2 Å². The van der Waals surface area contributed by atoms with Crippen molar-refractivity contribution in [1.82, 2.24) is 4.57 Å². The summed E-state index contributed by atoms with van der Waals surface area (Å²) >= 11 is 0. The summed E-state index contributed by atoms with van der Waals surface area (Å²) in [6.07, 6.45) is 0. The average Bonchev–Trinajstić information content (AvgIpc) is 2.67. The summed E-state index contributed by atoms with van der Waals surface area (Å²) in [5.74, 6) is -0.151. The van der Waals surface area contributed by atoms with Gasteiger partial charge in [0.2, 0.25) is 0 Å². The predicted molar refractivity (Wildman–Crippen MR) is 65.9 cm³/mol. The minimum Gasteiger partial charge on any atom is -0.497 e. The molecule has 2 rings (SSSR count). The second kappa shape index (κ2) is 4.13. The molecule has 0 atom stereocenters. The second-order valence-electron chi connectivity index (χ2n) is 3.96. The van der Waals surface area contributed by atoms with Crippen LogP contribution < -0.4 is 4.74 Å². The molecule has 0 radical (unpaired) electrons. The maximum Gasteiger partial charge on any atom is 0.352 e. The van der Waals surface area contributed by atoms with Gasteiger partial charge in [-0.2, -0.15) is 0 Å². The van der Waals surface area contributed by atoms with E-state index < -0.39 is 5.97 Å². The molecule has 0 aliphatic rings. The van der Waals surface area contributed by atoms with Gasteiger partial charge in [-0.05, 0) is 37.6 Å². The Morgan fingerprint density at radius 2 is 2.12 bits per heavy atom. The number of aromatic nitrogens is 1. The summed E-state index contributed by atoms with van der Waals surface area (Å²) in [4.78, 5) is 11.2. The van der Waals surface area contributed by atoms with Crippen LogP contribution in [0.1, 0.15) is 23.0 Å². The Kier molecular flexibility index (Phi) is 2.79. The molecule has 0 unspecified atom stereocenters. The van der Waals surface area contributed by atoms with Crippen LogP contribution in [0.4, 0.5) is 0 Å². The standard InChI is InChI=1S/C13H15NO3/c1-4-14-11(13(15)16)7-9-6-10(17-3)5-8(2)12(9)14/h5-7H,4H2,1-3H3,(H,15,16). The largest absolute Gasteiger partial charge is 0.497 e. The van der Waals surface area contributed by atoms with E-state index in [1.54, 1.807) is 13.2 Å². The number of fused-ring (bicyclic) bond motifs is 1. The molecule has 90 valence electrons. The van der Waals surface area contributed by atoms with Crippen LogP contribution in [-0.2, 0) is 6.54 Å². The number of ether oxygens (including phenoxy) is 1. The van der Waals surface area contributed by atoms with Crippen LogP contribution in [0.25, 0.3) is 10.9 Å². The minimum absolute atomic E-state index is 0.318. The minimum atomic E-state index is -0.901. The number of hydrogen-bond donors (Lipinski definition) is 1. The number of nitrogens with zero attached hydrogens (tertiary/aromatic N) is 1. The number of benzene rings is 1. The van der Waals surface area contributed by atoms with Gasteiger partial charge in [0.05, 0.1) is 12.6 Å². The number of carboxylic acid groups (broad SMARTS) is 1. The summed E-state index contributed by atoms with van der Waals surface area (Å²) in [6.45, 7) is 4.54. The molecule has 1 N–H and O–H groups in total. The number of carboxylic acids is 1. The number of carbonyl (C=O) groups is 1. The van der Waals surface area contributed by atoms with E-state index in [-0.39, 0.29) is 0 Å². The van der Waals surface area contributed by atoms with Gasteiger partial charge in [-0.15, -0.1) is 0 Å². The quantitative estimate of drug-likeness (QED) is 0.886. The lowest BCUT2D eigenvalue weighted by Crippen LogP contribution is -2.07. The van der Waals surface area contributed by atoms with Crippen molar-refractivity contribution in [2.24, 2.45) is 0 Å². The summed E-state index contributed by atoms with van der Waals surface area (Å²) < 4.78 is 7.00. The SMILES string of the molecule is CCn1c(C(=O)O)cc2cc(OC)cc(C)c21. The maximum absolute atomic E-state index is 11.2. The molecule has 0 spiro atoms. The lowest BCUT2D eigenvalue weighted by molar-refractivity contribution is 0.0686. The molecule has 0 saturated heterocycles. The molecule has 0 bridgehead atoms. The van der Waals surface area contributed by atoms with Crippen molar-refractivity contribution >= 4 is 16.9 Å². The fourth-order valence-corrected chi connectivity index (χ4v) is 2.22. The van der Waals surface area contributed by atoms with Gasteiger partial charge in [0.1, 0.15) is 11.4 Å². The first-order valence-corrected chi connectivity index (χ1v) is 5.49. The third kappa shape index (κ3) is 1.75. The number of aromatic carboxylic acids is 1. The monoisotopic (exact) mass is 233 g/mol. The highest BCUT2D eigenvalue weighted by Crippen LogP contribution is 2.28. The maximum atomic E-state index is 11.2. The van der Waals surface area contributed by atoms with Gasteiger partial charge in [-0.25, -0.2) is 4.79 Å². The fourth-order valence-electron chi connectivity index (χ4n) is 2.22. The van der Waals surface area contributed by atoms with Gasteiger partial charge in [0.25, 0.3) is 0 Å². The third-order valence-corrected chi connectivity index (χ3v) is 2.93. The van der Waals surface area contributed by atoms with Gasteiger partial charge in [0.15, 0.2) is 0 Å². The molecular formula is C13H15NO3. The molecule has 17 heavy (non-hydrogen) atoms. The highest BCUT2D eigenvalue weighted by Gasteiger charge is 2.15. The van der Waals surface area contributed by atoms with Crippen LogP contribution in [-0.4, -0.2) is 22.8 Å². The van der Waals surface area contributed by atoms with Crippen LogP contribution in [0.3, 0.4) is 0 Å². The predicted octanol–water partition coefficient (Wildman–Crippen LogP) is 2.68. The summed E-state index contributed by atoms with van der Waals surface area (Å²) in [7, 11) is 1.61. The Labute approximate surface area is 99.4 Å². The van der Waals surface area contributed by atoms with Gasteiger partial charge in [-0.1, -0.05) is 0 Å². The normalized spacial score (nSPS) is 10.8. The molecule has 1 aromatic carbocycles. The van der Waals surface area contributed by atoms with Crippen molar-refractivity contribution in [3.63, 3.8) is 0 Å². The van der Waals surface area contributed by atoms with Crippen molar-refractivity contribution in [3.8, 4) is 5.75 Å². The summed E-state index contributed by atoms with van der Waals surface area (Å²) in [5, 5.41) is 10.1. The van der Waals surface area contributed by atoms with E-state index >= 15 is 0 Å². The molecule has 0 saturated carbocycles. The van der Waals surface area contributed by atoms with Gasteiger partial charge < -0.3 is 14.4 Å². The van der Waals surface area contributed by atoms with Crippen molar-refractivity contribution in [3.05, 3.63) is 29.5 Å². The zero-order valence-corrected chi connectivity index (χ0v) is 10.2. The molecular weight excluding hydrogens is 218 g/mol. The molecule has 2 aromatic rings.